The predicted molar refractivity (Wildman–Crippen MR) is 117 cm³/mol. The largest absolute Gasteiger partial charge is 0.362 e. The van der Waals surface area contributed by atoms with E-state index < -0.39 is 0 Å². The highest BCUT2D eigenvalue weighted by molar-refractivity contribution is 9.10. The van der Waals surface area contributed by atoms with Gasteiger partial charge in [0.1, 0.15) is 5.82 Å². The third kappa shape index (κ3) is 4.76. The number of thiocarbonyl (C=S) groups is 1. The van der Waals surface area contributed by atoms with Crippen molar-refractivity contribution in [3.8, 4) is 0 Å². The van der Waals surface area contributed by atoms with E-state index in [0.717, 1.165) is 40.4 Å². The van der Waals surface area contributed by atoms with Gasteiger partial charge in [0.05, 0.1) is 5.69 Å². The Bertz CT molecular complexity index is 790. The molecule has 2 aromatic rings. The van der Waals surface area contributed by atoms with Crippen LogP contribution >= 0.6 is 39.7 Å². The molecule has 1 aliphatic rings. The smallest absolute Gasteiger partial charge is 0.171 e. The highest BCUT2D eigenvalue weighted by atomic mass is 79.9. The van der Waals surface area contributed by atoms with Gasteiger partial charge in [-0.3, -0.25) is 0 Å². The molecule has 0 unspecified atom stereocenters. The maximum atomic E-state index is 6.25. The molecule has 3 nitrogen and oxygen atoms in total. The number of anilines is 1. The molecule has 1 heterocycles. The van der Waals surface area contributed by atoms with Crippen LogP contribution in [0.1, 0.15) is 43.4 Å². The maximum absolute atomic E-state index is 6.25. The van der Waals surface area contributed by atoms with Crippen LogP contribution in [0.15, 0.2) is 40.9 Å². The second kappa shape index (κ2) is 8.68. The number of halogens is 2. The minimum absolute atomic E-state index is 0.0813. The lowest BCUT2D eigenvalue weighted by Gasteiger charge is -2.38. The summed E-state index contributed by atoms with van der Waals surface area (Å²) in [6.45, 7) is 2.76. The summed E-state index contributed by atoms with van der Waals surface area (Å²) < 4.78 is 0.990. The average molecular weight is 453 g/mol. The molecule has 138 valence electrons. The first-order valence-electron chi connectivity index (χ1n) is 8.93. The highest BCUT2D eigenvalue weighted by Crippen LogP contribution is 2.39. The first kappa shape index (κ1) is 19.6. The van der Waals surface area contributed by atoms with Crippen molar-refractivity contribution < 1.29 is 0 Å². The summed E-state index contributed by atoms with van der Waals surface area (Å²) in [6, 6.07) is 12.2. The van der Waals surface area contributed by atoms with Crippen molar-refractivity contribution in [1.82, 2.24) is 10.3 Å². The summed E-state index contributed by atoms with van der Waals surface area (Å²) in [7, 11) is 0. The molecule has 1 fully saturated rings. The standard InChI is InChI=1S/C20H23BrClN3S/c1-14-17(21)8-9-18(24-14)25-19(26)23-13-20(10-3-2-4-11-20)15-6-5-7-16(22)12-15/h5-9,12H,2-4,10-11,13H2,1H3,(H2,23,24,25,26). The van der Waals surface area contributed by atoms with E-state index in [1.54, 1.807) is 0 Å². The number of benzene rings is 1. The fourth-order valence-corrected chi connectivity index (χ4v) is 4.23. The van der Waals surface area contributed by atoms with E-state index in [2.05, 4.69) is 43.7 Å². The summed E-state index contributed by atoms with van der Waals surface area (Å²) in [6.07, 6.45) is 6.08. The zero-order chi connectivity index (χ0) is 18.6. The van der Waals surface area contributed by atoms with Crippen LogP contribution in [0, 0.1) is 6.92 Å². The second-order valence-corrected chi connectivity index (χ2v) is 8.62. The first-order chi connectivity index (χ1) is 12.5. The van der Waals surface area contributed by atoms with Crippen LogP contribution in [0.4, 0.5) is 5.82 Å². The van der Waals surface area contributed by atoms with Gasteiger partial charge in [0.2, 0.25) is 0 Å². The Morgan fingerprint density at radius 1 is 1.23 bits per heavy atom. The Morgan fingerprint density at radius 2 is 2.00 bits per heavy atom. The zero-order valence-corrected chi connectivity index (χ0v) is 18.0. The van der Waals surface area contributed by atoms with Crippen molar-refractivity contribution in [1.29, 1.82) is 0 Å². The minimum Gasteiger partial charge on any atom is -0.362 e. The number of nitrogens with one attached hydrogen (secondary N) is 2. The topological polar surface area (TPSA) is 37.0 Å². The van der Waals surface area contributed by atoms with Crippen molar-refractivity contribution >= 4 is 50.7 Å². The average Bonchev–Trinajstić information content (AvgIpc) is 2.64. The molecule has 1 aromatic carbocycles. The van der Waals surface area contributed by atoms with Crippen LogP contribution in [0.5, 0.6) is 0 Å². The molecular formula is C20H23BrClN3S. The summed E-state index contributed by atoms with van der Waals surface area (Å²) in [4.78, 5) is 4.49. The van der Waals surface area contributed by atoms with Crippen LogP contribution in [0.2, 0.25) is 5.02 Å². The van der Waals surface area contributed by atoms with Gasteiger partial charge in [0, 0.05) is 21.5 Å². The Labute approximate surface area is 174 Å². The number of nitrogens with zero attached hydrogens (tertiary/aromatic N) is 1. The molecule has 0 saturated heterocycles. The number of aryl methyl sites for hydroxylation is 1. The number of aromatic nitrogens is 1. The molecule has 0 amide bonds. The highest BCUT2D eigenvalue weighted by Gasteiger charge is 2.34. The molecule has 1 aliphatic carbocycles. The lowest BCUT2D eigenvalue weighted by atomic mass is 9.69. The van der Waals surface area contributed by atoms with E-state index in [1.165, 1.54) is 24.8 Å². The maximum Gasteiger partial charge on any atom is 0.171 e. The molecule has 1 aromatic heterocycles. The van der Waals surface area contributed by atoms with Gasteiger partial charge in [-0.25, -0.2) is 4.98 Å². The zero-order valence-electron chi connectivity index (χ0n) is 14.8. The Kier molecular flexibility index (Phi) is 6.54. The van der Waals surface area contributed by atoms with Gasteiger partial charge >= 0.3 is 0 Å². The third-order valence-electron chi connectivity index (χ3n) is 5.10. The fraction of sp³-hybridized carbons (Fsp3) is 0.400. The third-order valence-corrected chi connectivity index (χ3v) is 6.42. The first-order valence-corrected chi connectivity index (χ1v) is 10.5. The van der Waals surface area contributed by atoms with Gasteiger partial charge in [-0.15, -0.1) is 0 Å². The molecule has 2 N–H and O–H groups in total. The Morgan fingerprint density at radius 3 is 2.69 bits per heavy atom. The lowest BCUT2D eigenvalue weighted by Crippen LogP contribution is -2.43. The van der Waals surface area contributed by atoms with Gasteiger partial charge in [0.15, 0.2) is 5.11 Å². The SMILES string of the molecule is Cc1nc(NC(=S)NCC2(c3cccc(Cl)c3)CCCCC2)ccc1Br. The fourth-order valence-electron chi connectivity index (χ4n) is 3.64. The Balaban J connectivity index is 1.69. The van der Waals surface area contributed by atoms with Gasteiger partial charge < -0.3 is 10.6 Å². The molecule has 1 saturated carbocycles. The van der Waals surface area contributed by atoms with Crippen LogP contribution in [-0.2, 0) is 5.41 Å². The molecule has 3 rings (SSSR count). The van der Waals surface area contributed by atoms with E-state index in [0.29, 0.717) is 5.11 Å². The van der Waals surface area contributed by atoms with E-state index in [-0.39, 0.29) is 5.41 Å². The van der Waals surface area contributed by atoms with Crippen LogP contribution in [-0.4, -0.2) is 16.6 Å². The predicted octanol–water partition coefficient (Wildman–Crippen LogP) is 5.99. The van der Waals surface area contributed by atoms with Gasteiger partial charge in [-0.1, -0.05) is 43.0 Å². The second-order valence-electron chi connectivity index (χ2n) is 6.92. The molecule has 0 spiro atoms. The summed E-state index contributed by atoms with van der Waals surface area (Å²) in [5.41, 5.74) is 2.32. The van der Waals surface area contributed by atoms with E-state index in [9.17, 15) is 0 Å². The monoisotopic (exact) mass is 451 g/mol. The van der Waals surface area contributed by atoms with Crippen molar-refractivity contribution in [3.05, 3.63) is 57.2 Å². The summed E-state index contributed by atoms with van der Waals surface area (Å²) in [5.74, 6) is 0.753. The van der Waals surface area contributed by atoms with Gasteiger partial charge in [-0.05, 0) is 77.7 Å². The van der Waals surface area contributed by atoms with Crippen molar-refractivity contribution in [2.45, 2.75) is 44.4 Å². The van der Waals surface area contributed by atoms with Gasteiger partial charge in [0.25, 0.3) is 0 Å². The molecule has 0 bridgehead atoms. The summed E-state index contributed by atoms with van der Waals surface area (Å²) >= 11 is 15.2. The molecular weight excluding hydrogens is 430 g/mol. The number of hydrogen-bond donors (Lipinski definition) is 2. The lowest BCUT2D eigenvalue weighted by molar-refractivity contribution is 0.292. The van der Waals surface area contributed by atoms with E-state index in [1.807, 2.05) is 31.2 Å². The van der Waals surface area contributed by atoms with E-state index in [4.69, 9.17) is 23.8 Å². The molecule has 0 atom stereocenters. The van der Waals surface area contributed by atoms with E-state index >= 15 is 0 Å². The molecule has 26 heavy (non-hydrogen) atoms. The molecule has 6 heteroatoms. The van der Waals surface area contributed by atoms with Crippen molar-refractivity contribution in [3.63, 3.8) is 0 Å². The number of hydrogen-bond acceptors (Lipinski definition) is 2. The normalized spacial score (nSPS) is 16.1. The summed E-state index contributed by atoms with van der Waals surface area (Å²) in [5, 5.41) is 8.01. The molecule has 0 aliphatic heterocycles. The van der Waals surface area contributed by atoms with Gasteiger partial charge in [-0.2, -0.15) is 0 Å². The quantitative estimate of drug-likeness (QED) is 0.558. The molecule has 0 radical (unpaired) electrons. The van der Waals surface area contributed by atoms with Crippen LogP contribution < -0.4 is 10.6 Å². The van der Waals surface area contributed by atoms with Crippen molar-refractivity contribution in [2.75, 3.05) is 11.9 Å². The Hall–Kier alpha value is -1.17. The van der Waals surface area contributed by atoms with Crippen molar-refractivity contribution in [2.24, 2.45) is 0 Å². The number of rotatable bonds is 4. The minimum atomic E-state index is 0.0813. The van der Waals surface area contributed by atoms with Crippen LogP contribution in [0.25, 0.3) is 0 Å². The van der Waals surface area contributed by atoms with Crippen LogP contribution in [0.3, 0.4) is 0 Å². The number of pyridine rings is 1.